The molecule has 1 aromatic heterocycles. The van der Waals surface area contributed by atoms with Gasteiger partial charge < -0.3 is 10.6 Å². The van der Waals surface area contributed by atoms with Crippen molar-refractivity contribution in [2.75, 3.05) is 18.4 Å². The van der Waals surface area contributed by atoms with Gasteiger partial charge in [-0.15, -0.1) is 0 Å². The molecule has 0 spiro atoms. The quantitative estimate of drug-likeness (QED) is 0.631. The molecule has 8 heteroatoms. The number of nitrogens with zero attached hydrogens (tertiary/aromatic N) is 2. The summed E-state index contributed by atoms with van der Waals surface area (Å²) >= 11 is 3.10. The molecule has 0 bridgehead atoms. The molecule has 92 valence electrons. The third-order valence-electron chi connectivity index (χ3n) is 1.82. The predicted molar refractivity (Wildman–Crippen MR) is 65.8 cm³/mol. The fourth-order valence-electron chi connectivity index (χ4n) is 1.13. The number of anilines is 1. The summed E-state index contributed by atoms with van der Waals surface area (Å²) in [6, 6.07) is 1.33. The highest BCUT2D eigenvalue weighted by molar-refractivity contribution is 9.10. The number of rotatable bonds is 5. The maximum Gasteiger partial charge on any atom is 0.312 e. The van der Waals surface area contributed by atoms with Crippen LogP contribution in [0.3, 0.4) is 0 Å². The summed E-state index contributed by atoms with van der Waals surface area (Å²) in [4.78, 5) is 25.2. The van der Waals surface area contributed by atoms with Gasteiger partial charge in [-0.1, -0.05) is 0 Å². The van der Waals surface area contributed by atoms with Gasteiger partial charge in [0.25, 0.3) is 0 Å². The summed E-state index contributed by atoms with van der Waals surface area (Å²) in [6.07, 6.45) is 1.42. The summed E-state index contributed by atoms with van der Waals surface area (Å²) in [6.45, 7) is 2.25. The topological polar surface area (TPSA) is 97.2 Å². The van der Waals surface area contributed by atoms with Gasteiger partial charge >= 0.3 is 5.69 Å². The molecule has 7 nitrogen and oxygen atoms in total. The fourth-order valence-corrected chi connectivity index (χ4v) is 1.45. The van der Waals surface area contributed by atoms with E-state index in [0.717, 1.165) is 0 Å². The largest absolute Gasteiger partial charge is 0.355 e. The van der Waals surface area contributed by atoms with Gasteiger partial charge in [0.1, 0.15) is 0 Å². The second-order valence-corrected chi connectivity index (χ2v) is 4.00. The Labute approximate surface area is 106 Å². The minimum absolute atomic E-state index is 0.0523. The van der Waals surface area contributed by atoms with Gasteiger partial charge in [0.05, 0.1) is 11.5 Å². The van der Waals surface area contributed by atoms with E-state index in [1.165, 1.54) is 12.3 Å². The lowest BCUT2D eigenvalue weighted by Crippen LogP contribution is -2.29. The number of halogens is 1. The average molecular weight is 303 g/mol. The van der Waals surface area contributed by atoms with Gasteiger partial charge in [-0.25, -0.2) is 4.98 Å². The molecule has 0 aliphatic rings. The Morgan fingerprint density at radius 3 is 2.94 bits per heavy atom. The van der Waals surface area contributed by atoms with Crippen LogP contribution in [-0.4, -0.2) is 28.9 Å². The monoisotopic (exact) mass is 302 g/mol. The first-order valence-electron chi connectivity index (χ1n) is 4.85. The molecule has 0 atom stereocenters. The molecule has 0 fully saturated rings. The third kappa shape index (κ3) is 3.99. The zero-order chi connectivity index (χ0) is 12.8. The molecule has 1 rings (SSSR count). The fraction of sp³-hybridized carbons (Fsp3) is 0.333. The zero-order valence-corrected chi connectivity index (χ0v) is 10.7. The standard InChI is InChI=1S/C9H11BrN4O3/c1-2-11-8(15)5-13-9-7(14(16)17)3-6(10)4-12-9/h3-4H,2,5H2,1H3,(H,11,15)(H,12,13). The number of pyridine rings is 1. The molecule has 0 saturated carbocycles. The first-order valence-corrected chi connectivity index (χ1v) is 5.64. The molecule has 1 amide bonds. The predicted octanol–water partition coefficient (Wildman–Crippen LogP) is 1.30. The van der Waals surface area contributed by atoms with Crippen LogP contribution < -0.4 is 10.6 Å². The SMILES string of the molecule is CCNC(=O)CNc1ncc(Br)cc1[N+](=O)[O-]. The van der Waals surface area contributed by atoms with E-state index in [1.807, 2.05) is 0 Å². The maximum atomic E-state index is 11.2. The van der Waals surface area contributed by atoms with E-state index < -0.39 is 4.92 Å². The maximum absolute atomic E-state index is 11.2. The highest BCUT2D eigenvalue weighted by Gasteiger charge is 2.16. The molecule has 1 aromatic rings. The number of nitro groups is 1. The Kier molecular flexibility index (Phi) is 4.83. The lowest BCUT2D eigenvalue weighted by molar-refractivity contribution is -0.384. The molecule has 0 aromatic carbocycles. The average Bonchev–Trinajstić information content (AvgIpc) is 2.27. The van der Waals surface area contributed by atoms with Gasteiger partial charge in [-0.05, 0) is 22.9 Å². The molecule has 1 heterocycles. The number of hydrogen-bond acceptors (Lipinski definition) is 5. The molecule has 0 radical (unpaired) electrons. The second kappa shape index (κ2) is 6.14. The summed E-state index contributed by atoms with van der Waals surface area (Å²) in [5.41, 5.74) is -0.177. The van der Waals surface area contributed by atoms with E-state index in [9.17, 15) is 14.9 Å². The van der Waals surface area contributed by atoms with E-state index >= 15 is 0 Å². The van der Waals surface area contributed by atoms with Crippen molar-refractivity contribution in [3.8, 4) is 0 Å². The summed E-state index contributed by atoms with van der Waals surface area (Å²) in [5.74, 6) is -0.170. The van der Waals surface area contributed by atoms with Gasteiger partial charge in [-0.3, -0.25) is 14.9 Å². The van der Waals surface area contributed by atoms with Crippen LogP contribution in [0.25, 0.3) is 0 Å². The van der Waals surface area contributed by atoms with Crippen molar-refractivity contribution in [3.63, 3.8) is 0 Å². The van der Waals surface area contributed by atoms with Crippen LogP contribution in [-0.2, 0) is 4.79 Å². The molecular formula is C9H11BrN4O3. The lowest BCUT2D eigenvalue weighted by atomic mass is 10.4. The highest BCUT2D eigenvalue weighted by Crippen LogP contribution is 2.24. The number of likely N-dealkylation sites (N-methyl/N-ethyl adjacent to an activating group) is 1. The minimum atomic E-state index is -0.558. The lowest BCUT2D eigenvalue weighted by Gasteiger charge is -2.06. The first kappa shape index (κ1) is 13.4. The van der Waals surface area contributed by atoms with Gasteiger partial charge in [0, 0.05) is 23.3 Å². The van der Waals surface area contributed by atoms with Gasteiger partial charge in [-0.2, -0.15) is 0 Å². The molecule has 0 aliphatic heterocycles. The normalized spacial score (nSPS) is 9.76. The summed E-state index contributed by atoms with van der Waals surface area (Å²) in [5, 5.41) is 15.9. The zero-order valence-electron chi connectivity index (χ0n) is 9.07. The van der Waals surface area contributed by atoms with Crippen molar-refractivity contribution in [2.24, 2.45) is 0 Å². The second-order valence-electron chi connectivity index (χ2n) is 3.09. The molecule has 0 unspecified atom stereocenters. The van der Waals surface area contributed by atoms with Crippen molar-refractivity contribution < 1.29 is 9.72 Å². The molecule has 17 heavy (non-hydrogen) atoms. The van der Waals surface area contributed by atoms with Crippen molar-refractivity contribution in [2.45, 2.75) is 6.92 Å². The Morgan fingerprint density at radius 1 is 1.65 bits per heavy atom. The van der Waals surface area contributed by atoms with Crippen LogP contribution in [0.5, 0.6) is 0 Å². The smallest absolute Gasteiger partial charge is 0.312 e. The van der Waals surface area contributed by atoms with Crippen molar-refractivity contribution in [1.82, 2.24) is 10.3 Å². The summed E-state index contributed by atoms with van der Waals surface area (Å²) in [7, 11) is 0. The van der Waals surface area contributed by atoms with Gasteiger partial charge in [0.15, 0.2) is 0 Å². The number of amides is 1. The van der Waals surface area contributed by atoms with E-state index in [-0.39, 0.29) is 24.0 Å². The third-order valence-corrected chi connectivity index (χ3v) is 2.25. The van der Waals surface area contributed by atoms with Crippen LogP contribution in [0.2, 0.25) is 0 Å². The van der Waals surface area contributed by atoms with Crippen LogP contribution in [0.15, 0.2) is 16.7 Å². The number of hydrogen-bond donors (Lipinski definition) is 2. The number of carbonyl (C=O) groups excluding carboxylic acids is 1. The van der Waals surface area contributed by atoms with E-state index in [4.69, 9.17) is 0 Å². The van der Waals surface area contributed by atoms with Crippen molar-refractivity contribution in [1.29, 1.82) is 0 Å². The molecule has 2 N–H and O–H groups in total. The van der Waals surface area contributed by atoms with E-state index in [0.29, 0.717) is 11.0 Å². The number of nitrogens with one attached hydrogen (secondary N) is 2. The van der Waals surface area contributed by atoms with Crippen LogP contribution >= 0.6 is 15.9 Å². The van der Waals surface area contributed by atoms with E-state index in [2.05, 4.69) is 31.5 Å². The molecule has 0 saturated heterocycles. The Morgan fingerprint density at radius 2 is 2.35 bits per heavy atom. The Hall–Kier alpha value is -1.70. The summed E-state index contributed by atoms with van der Waals surface area (Å²) < 4.78 is 0.507. The molecule has 0 aliphatic carbocycles. The van der Waals surface area contributed by atoms with Gasteiger partial charge in [0.2, 0.25) is 11.7 Å². The van der Waals surface area contributed by atoms with Crippen molar-refractivity contribution in [3.05, 3.63) is 26.9 Å². The minimum Gasteiger partial charge on any atom is -0.355 e. The number of aromatic nitrogens is 1. The van der Waals surface area contributed by atoms with Crippen molar-refractivity contribution >= 4 is 33.3 Å². The Balaban J connectivity index is 2.77. The Bertz CT molecular complexity index is 438. The van der Waals surface area contributed by atoms with Crippen LogP contribution in [0, 0.1) is 10.1 Å². The van der Waals surface area contributed by atoms with Crippen LogP contribution in [0.1, 0.15) is 6.92 Å². The molecular weight excluding hydrogens is 292 g/mol. The van der Waals surface area contributed by atoms with E-state index in [1.54, 1.807) is 6.92 Å². The van der Waals surface area contributed by atoms with Crippen LogP contribution in [0.4, 0.5) is 11.5 Å². The number of carbonyl (C=O) groups is 1. The highest BCUT2D eigenvalue weighted by atomic mass is 79.9. The first-order chi connectivity index (χ1) is 8.04.